The Bertz CT molecular complexity index is 473. The van der Waals surface area contributed by atoms with Gasteiger partial charge in [-0.15, -0.1) is 0 Å². The van der Waals surface area contributed by atoms with E-state index in [2.05, 4.69) is 0 Å². The number of rotatable bonds is 3. The Balaban J connectivity index is 3.32. The van der Waals surface area contributed by atoms with E-state index < -0.39 is 4.92 Å². The average molecular weight is 217 g/mol. The Morgan fingerprint density at radius 3 is 2.69 bits per heavy atom. The Morgan fingerprint density at radius 1 is 1.50 bits per heavy atom. The van der Waals surface area contributed by atoms with E-state index in [-0.39, 0.29) is 5.69 Å². The van der Waals surface area contributed by atoms with E-state index in [1.165, 1.54) is 12.1 Å². The minimum absolute atomic E-state index is 0.0582. The summed E-state index contributed by atoms with van der Waals surface area (Å²) < 4.78 is 0. The second-order valence-electron chi connectivity index (χ2n) is 3.39. The summed E-state index contributed by atoms with van der Waals surface area (Å²) in [5.41, 5.74) is 0.577. The van der Waals surface area contributed by atoms with Crippen LogP contribution in [-0.4, -0.2) is 23.9 Å². The lowest BCUT2D eigenvalue weighted by atomic mass is 10.1. The number of benzene rings is 1. The van der Waals surface area contributed by atoms with Crippen LogP contribution in [-0.2, 0) is 0 Å². The van der Waals surface area contributed by atoms with E-state index in [9.17, 15) is 10.1 Å². The molecule has 0 aliphatic heterocycles. The molecule has 1 aromatic carbocycles. The van der Waals surface area contributed by atoms with Gasteiger partial charge in [0.2, 0.25) is 0 Å². The van der Waals surface area contributed by atoms with Gasteiger partial charge in [-0.05, 0) is 18.3 Å². The van der Waals surface area contributed by atoms with Crippen LogP contribution < -0.4 is 0 Å². The second kappa shape index (κ2) is 4.94. The number of nitro benzene ring substituents is 1. The summed E-state index contributed by atoms with van der Waals surface area (Å²) in [6.45, 7) is 0. The summed E-state index contributed by atoms with van der Waals surface area (Å²) >= 11 is 0. The lowest BCUT2D eigenvalue weighted by molar-refractivity contribution is -0.385. The molecule has 0 atom stereocenters. The Hall–Kier alpha value is -2.35. The van der Waals surface area contributed by atoms with Gasteiger partial charge in [-0.3, -0.25) is 10.1 Å². The van der Waals surface area contributed by atoms with Crippen molar-refractivity contribution >= 4 is 11.8 Å². The Morgan fingerprint density at radius 2 is 2.19 bits per heavy atom. The van der Waals surface area contributed by atoms with Crippen molar-refractivity contribution in [2.24, 2.45) is 0 Å². The molecule has 0 fully saturated rings. The average Bonchev–Trinajstić information content (AvgIpc) is 2.25. The van der Waals surface area contributed by atoms with Crippen LogP contribution in [0.1, 0.15) is 11.1 Å². The highest BCUT2D eigenvalue weighted by Crippen LogP contribution is 2.23. The van der Waals surface area contributed by atoms with Gasteiger partial charge in [0.25, 0.3) is 5.69 Å². The van der Waals surface area contributed by atoms with Gasteiger partial charge < -0.3 is 4.90 Å². The van der Waals surface area contributed by atoms with Crippen molar-refractivity contribution in [2.75, 3.05) is 14.1 Å². The molecule has 5 nitrogen and oxygen atoms in total. The molecule has 16 heavy (non-hydrogen) atoms. The van der Waals surface area contributed by atoms with E-state index in [4.69, 9.17) is 5.26 Å². The fourth-order valence-electron chi connectivity index (χ4n) is 1.21. The molecule has 0 saturated heterocycles. The lowest BCUT2D eigenvalue weighted by Gasteiger charge is -2.04. The van der Waals surface area contributed by atoms with Crippen LogP contribution in [0.2, 0.25) is 0 Å². The first-order chi connectivity index (χ1) is 7.56. The van der Waals surface area contributed by atoms with E-state index in [0.717, 1.165) is 0 Å². The Labute approximate surface area is 93.4 Å². The highest BCUT2D eigenvalue weighted by Gasteiger charge is 2.14. The fourth-order valence-corrected chi connectivity index (χ4v) is 1.21. The quantitative estimate of drug-likeness (QED) is 0.573. The van der Waals surface area contributed by atoms with Gasteiger partial charge in [0.15, 0.2) is 0 Å². The Kier molecular flexibility index (Phi) is 3.62. The zero-order valence-corrected chi connectivity index (χ0v) is 9.04. The summed E-state index contributed by atoms with van der Waals surface area (Å²) in [4.78, 5) is 12.0. The van der Waals surface area contributed by atoms with Gasteiger partial charge in [-0.25, -0.2) is 0 Å². The third-order valence-corrected chi connectivity index (χ3v) is 1.94. The summed E-state index contributed by atoms with van der Waals surface area (Å²) in [5, 5.41) is 19.7. The molecule has 0 aromatic heterocycles. The highest BCUT2D eigenvalue weighted by atomic mass is 16.6. The first-order valence-corrected chi connectivity index (χ1v) is 4.58. The fraction of sp³-hybridized carbons (Fsp3) is 0.182. The van der Waals surface area contributed by atoms with Crippen LogP contribution in [0, 0.1) is 21.4 Å². The largest absolute Gasteiger partial charge is 0.383 e. The zero-order valence-electron chi connectivity index (χ0n) is 9.04. The summed E-state index contributed by atoms with van der Waals surface area (Å²) in [5.74, 6) is 0. The molecule has 0 bridgehead atoms. The predicted octanol–water partition coefficient (Wildman–Crippen LogP) is 2.00. The maximum atomic E-state index is 10.8. The number of nitrogens with zero attached hydrogens (tertiary/aromatic N) is 3. The zero-order chi connectivity index (χ0) is 12.1. The summed E-state index contributed by atoms with van der Waals surface area (Å²) in [6, 6.07) is 6.39. The van der Waals surface area contributed by atoms with Crippen LogP contribution in [0.5, 0.6) is 0 Å². The molecule has 0 radical (unpaired) electrons. The number of nitro groups is 1. The standard InChI is InChI=1S/C11H11N3O2/c1-13(2)7-6-10-9(8-12)4-3-5-11(10)14(15)16/h3-7H,1-2H3/b7-6+. The molecule has 0 N–H and O–H groups in total. The van der Waals surface area contributed by atoms with Gasteiger partial charge in [0, 0.05) is 20.2 Å². The molecule has 82 valence electrons. The van der Waals surface area contributed by atoms with Gasteiger partial charge >= 0.3 is 0 Å². The minimum atomic E-state index is -0.490. The third kappa shape index (κ3) is 2.58. The smallest absolute Gasteiger partial charge is 0.277 e. The van der Waals surface area contributed by atoms with Crippen LogP contribution in [0.3, 0.4) is 0 Å². The SMILES string of the molecule is CN(C)/C=C/c1c(C#N)cccc1[N+](=O)[O-]. The van der Waals surface area contributed by atoms with Crippen LogP contribution in [0.15, 0.2) is 24.4 Å². The van der Waals surface area contributed by atoms with Crippen LogP contribution >= 0.6 is 0 Å². The maximum Gasteiger partial charge on any atom is 0.277 e. The highest BCUT2D eigenvalue weighted by molar-refractivity contribution is 5.67. The molecule has 0 aliphatic rings. The van der Waals surface area contributed by atoms with Gasteiger partial charge in [0.1, 0.15) is 6.07 Å². The van der Waals surface area contributed by atoms with Crippen molar-refractivity contribution in [3.8, 4) is 6.07 Å². The molecule has 0 heterocycles. The van der Waals surface area contributed by atoms with Crippen molar-refractivity contribution < 1.29 is 4.92 Å². The molecule has 0 aliphatic carbocycles. The molecule has 5 heteroatoms. The monoisotopic (exact) mass is 217 g/mol. The molecule has 0 spiro atoms. The van der Waals surface area contributed by atoms with Crippen molar-refractivity contribution in [3.05, 3.63) is 45.6 Å². The molecular weight excluding hydrogens is 206 g/mol. The van der Waals surface area contributed by atoms with Crippen molar-refractivity contribution in [3.63, 3.8) is 0 Å². The molecular formula is C11H11N3O2. The lowest BCUT2D eigenvalue weighted by Crippen LogP contribution is -2.01. The molecule has 1 rings (SSSR count). The molecule has 1 aromatic rings. The summed E-state index contributed by atoms with van der Waals surface area (Å²) in [7, 11) is 3.61. The molecule has 0 saturated carbocycles. The van der Waals surface area contributed by atoms with E-state index in [1.54, 1.807) is 37.3 Å². The maximum absolute atomic E-state index is 10.8. The van der Waals surface area contributed by atoms with E-state index in [1.807, 2.05) is 6.07 Å². The third-order valence-electron chi connectivity index (χ3n) is 1.94. The van der Waals surface area contributed by atoms with Gasteiger partial charge in [-0.1, -0.05) is 6.07 Å². The van der Waals surface area contributed by atoms with Crippen molar-refractivity contribution in [1.29, 1.82) is 5.26 Å². The van der Waals surface area contributed by atoms with E-state index >= 15 is 0 Å². The first kappa shape index (κ1) is 11.7. The van der Waals surface area contributed by atoms with Crippen molar-refractivity contribution in [1.82, 2.24) is 4.90 Å². The topological polar surface area (TPSA) is 70.2 Å². The number of nitriles is 1. The van der Waals surface area contributed by atoms with Crippen LogP contribution in [0.25, 0.3) is 6.08 Å². The molecule has 0 amide bonds. The molecule has 0 unspecified atom stereocenters. The number of hydrogen-bond donors (Lipinski definition) is 0. The summed E-state index contributed by atoms with van der Waals surface area (Å²) in [6.07, 6.45) is 3.24. The first-order valence-electron chi connectivity index (χ1n) is 4.58. The van der Waals surface area contributed by atoms with E-state index in [0.29, 0.717) is 11.1 Å². The second-order valence-corrected chi connectivity index (χ2v) is 3.39. The van der Waals surface area contributed by atoms with Crippen LogP contribution in [0.4, 0.5) is 5.69 Å². The number of hydrogen-bond acceptors (Lipinski definition) is 4. The minimum Gasteiger partial charge on any atom is -0.383 e. The van der Waals surface area contributed by atoms with Crippen molar-refractivity contribution in [2.45, 2.75) is 0 Å². The van der Waals surface area contributed by atoms with Gasteiger partial charge in [-0.2, -0.15) is 5.26 Å². The van der Waals surface area contributed by atoms with Gasteiger partial charge in [0.05, 0.1) is 16.1 Å². The predicted molar refractivity (Wildman–Crippen MR) is 60.5 cm³/mol. The normalized spacial score (nSPS) is 10.1.